The summed E-state index contributed by atoms with van der Waals surface area (Å²) in [6.45, 7) is 3.43. The van der Waals surface area contributed by atoms with Crippen LogP contribution in [0.5, 0.6) is 0 Å². The van der Waals surface area contributed by atoms with E-state index in [1.54, 1.807) is 0 Å². The van der Waals surface area contributed by atoms with Crippen LogP contribution in [0.4, 0.5) is 0 Å². The largest absolute Gasteiger partial charge is 0.354 e. The zero-order valence-corrected chi connectivity index (χ0v) is 15.2. The van der Waals surface area contributed by atoms with Crippen LogP contribution in [0.15, 0.2) is 12.1 Å². The van der Waals surface area contributed by atoms with Crippen molar-refractivity contribution in [2.75, 3.05) is 13.1 Å². The first kappa shape index (κ1) is 19.2. The molecule has 0 bridgehead atoms. The highest BCUT2D eigenvalue weighted by molar-refractivity contribution is 6.43. The minimum Gasteiger partial charge on any atom is -0.354 e. The molecule has 0 unspecified atom stereocenters. The molecule has 0 radical (unpaired) electrons. The SMILES string of the molecule is CCCNC(=O)[C@H](C)NC(=O)CN1C(=O)c2cc(Cl)c(Cl)cc2C1=O. The van der Waals surface area contributed by atoms with E-state index in [4.69, 9.17) is 23.2 Å². The molecule has 0 aromatic heterocycles. The molecule has 9 heteroatoms. The third-order valence-corrected chi connectivity index (χ3v) is 4.36. The standard InChI is InChI=1S/C16H17Cl2N3O4/c1-3-4-19-14(23)8(2)20-13(22)7-21-15(24)9-5-11(17)12(18)6-10(9)16(21)25/h5-6,8H,3-4,7H2,1-2H3,(H,19,23)(H,20,22)/t8-/m0/s1. The summed E-state index contributed by atoms with van der Waals surface area (Å²) < 4.78 is 0. The Morgan fingerprint density at radius 1 is 1.12 bits per heavy atom. The van der Waals surface area contributed by atoms with Crippen molar-refractivity contribution in [2.24, 2.45) is 0 Å². The summed E-state index contributed by atoms with van der Waals surface area (Å²) in [5.74, 6) is -2.21. The third-order valence-electron chi connectivity index (χ3n) is 3.63. The molecule has 1 atom stereocenters. The molecule has 1 heterocycles. The molecule has 134 valence electrons. The van der Waals surface area contributed by atoms with Crippen molar-refractivity contribution in [2.45, 2.75) is 26.3 Å². The number of carbonyl (C=O) groups excluding carboxylic acids is 4. The van der Waals surface area contributed by atoms with Crippen LogP contribution in [0.2, 0.25) is 10.0 Å². The third kappa shape index (κ3) is 4.11. The molecule has 1 aromatic rings. The molecule has 2 rings (SSSR count). The normalized spacial score (nSPS) is 14.3. The molecule has 0 spiro atoms. The number of nitrogens with one attached hydrogen (secondary N) is 2. The number of hydrogen-bond acceptors (Lipinski definition) is 4. The minimum atomic E-state index is -0.780. The maximum Gasteiger partial charge on any atom is 0.262 e. The Bertz CT molecular complexity index is 710. The summed E-state index contributed by atoms with van der Waals surface area (Å²) in [5.41, 5.74) is 0.196. The van der Waals surface area contributed by atoms with Gasteiger partial charge in [0.1, 0.15) is 12.6 Å². The summed E-state index contributed by atoms with van der Waals surface area (Å²) in [4.78, 5) is 49.2. The summed E-state index contributed by atoms with van der Waals surface area (Å²) in [5, 5.41) is 5.40. The number of benzene rings is 1. The van der Waals surface area contributed by atoms with Crippen molar-refractivity contribution < 1.29 is 19.2 Å². The van der Waals surface area contributed by atoms with Crippen molar-refractivity contribution in [3.8, 4) is 0 Å². The molecule has 0 fully saturated rings. The number of fused-ring (bicyclic) bond motifs is 1. The van der Waals surface area contributed by atoms with Gasteiger partial charge in [0.05, 0.1) is 21.2 Å². The number of hydrogen-bond donors (Lipinski definition) is 2. The molecule has 7 nitrogen and oxygen atoms in total. The van der Waals surface area contributed by atoms with E-state index < -0.39 is 30.3 Å². The number of rotatable bonds is 6. The predicted octanol–water partition coefficient (Wildman–Crippen LogP) is 1.62. The zero-order chi connectivity index (χ0) is 18.7. The Morgan fingerprint density at radius 2 is 1.64 bits per heavy atom. The minimum absolute atomic E-state index is 0.0981. The van der Waals surface area contributed by atoms with Gasteiger partial charge in [-0.05, 0) is 25.5 Å². The molecule has 0 aliphatic carbocycles. The molecule has 0 saturated heterocycles. The van der Waals surface area contributed by atoms with Gasteiger partial charge in [-0.15, -0.1) is 0 Å². The first-order chi connectivity index (χ1) is 11.8. The highest BCUT2D eigenvalue weighted by Crippen LogP contribution is 2.31. The molecule has 2 N–H and O–H groups in total. The number of amides is 4. The van der Waals surface area contributed by atoms with Gasteiger partial charge < -0.3 is 10.6 Å². The van der Waals surface area contributed by atoms with E-state index in [0.29, 0.717) is 6.54 Å². The topological polar surface area (TPSA) is 95.6 Å². The van der Waals surface area contributed by atoms with E-state index in [9.17, 15) is 19.2 Å². The number of carbonyl (C=O) groups is 4. The second-order valence-corrected chi connectivity index (χ2v) is 6.40. The smallest absolute Gasteiger partial charge is 0.262 e. The Kier molecular flexibility index (Phi) is 6.02. The van der Waals surface area contributed by atoms with Crippen molar-refractivity contribution in [3.05, 3.63) is 33.3 Å². The fourth-order valence-electron chi connectivity index (χ4n) is 2.32. The summed E-state index contributed by atoms with van der Waals surface area (Å²) in [6.07, 6.45) is 0.770. The summed E-state index contributed by atoms with van der Waals surface area (Å²) >= 11 is 11.7. The number of halogens is 2. The van der Waals surface area contributed by atoms with Crippen LogP contribution in [0.25, 0.3) is 0 Å². The highest BCUT2D eigenvalue weighted by Gasteiger charge is 2.37. The molecule has 1 aliphatic rings. The van der Waals surface area contributed by atoms with E-state index in [2.05, 4.69) is 10.6 Å². The average molecular weight is 386 g/mol. The van der Waals surface area contributed by atoms with Crippen LogP contribution in [-0.2, 0) is 9.59 Å². The fourth-order valence-corrected chi connectivity index (χ4v) is 2.65. The van der Waals surface area contributed by atoms with Crippen molar-refractivity contribution >= 4 is 46.8 Å². The lowest BCUT2D eigenvalue weighted by Gasteiger charge is -2.17. The molecule has 25 heavy (non-hydrogen) atoms. The van der Waals surface area contributed by atoms with E-state index in [-0.39, 0.29) is 27.1 Å². The second-order valence-electron chi connectivity index (χ2n) is 5.59. The van der Waals surface area contributed by atoms with Gasteiger partial charge in [0, 0.05) is 6.54 Å². The van der Waals surface area contributed by atoms with Crippen LogP contribution < -0.4 is 10.6 Å². The van der Waals surface area contributed by atoms with Gasteiger partial charge in [0.15, 0.2) is 0 Å². The molecular formula is C16H17Cl2N3O4. The predicted molar refractivity (Wildman–Crippen MR) is 92.7 cm³/mol. The first-order valence-corrected chi connectivity index (χ1v) is 8.44. The Labute approximate surface area is 154 Å². The Hall–Kier alpha value is -2.12. The van der Waals surface area contributed by atoms with Crippen LogP contribution in [0, 0.1) is 0 Å². The lowest BCUT2D eigenvalue weighted by Crippen LogP contribution is -2.48. The summed E-state index contributed by atoms with van der Waals surface area (Å²) in [7, 11) is 0. The lowest BCUT2D eigenvalue weighted by molar-refractivity contribution is -0.128. The van der Waals surface area contributed by atoms with Gasteiger partial charge in [-0.25, -0.2) is 0 Å². The van der Waals surface area contributed by atoms with Crippen molar-refractivity contribution in [1.82, 2.24) is 15.5 Å². The Balaban J connectivity index is 2.04. The molecular weight excluding hydrogens is 369 g/mol. The van der Waals surface area contributed by atoms with E-state index in [1.165, 1.54) is 19.1 Å². The van der Waals surface area contributed by atoms with Gasteiger partial charge >= 0.3 is 0 Å². The number of nitrogens with zero attached hydrogens (tertiary/aromatic N) is 1. The number of imide groups is 1. The van der Waals surface area contributed by atoms with Gasteiger partial charge in [0.25, 0.3) is 11.8 Å². The first-order valence-electron chi connectivity index (χ1n) is 7.68. The lowest BCUT2D eigenvalue weighted by atomic mass is 10.1. The fraction of sp³-hybridized carbons (Fsp3) is 0.375. The van der Waals surface area contributed by atoms with Crippen LogP contribution in [0.1, 0.15) is 41.0 Å². The average Bonchev–Trinajstić information content (AvgIpc) is 2.78. The van der Waals surface area contributed by atoms with Gasteiger partial charge in [-0.1, -0.05) is 30.1 Å². The molecule has 1 aliphatic heterocycles. The van der Waals surface area contributed by atoms with Crippen molar-refractivity contribution in [3.63, 3.8) is 0 Å². The second kappa shape index (κ2) is 7.84. The monoisotopic (exact) mass is 385 g/mol. The zero-order valence-electron chi connectivity index (χ0n) is 13.7. The maximum atomic E-state index is 12.3. The maximum absolute atomic E-state index is 12.3. The van der Waals surface area contributed by atoms with Gasteiger partial charge in [-0.3, -0.25) is 24.1 Å². The van der Waals surface area contributed by atoms with E-state index in [1.807, 2.05) is 6.92 Å². The van der Waals surface area contributed by atoms with Gasteiger partial charge in [-0.2, -0.15) is 0 Å². The van der Waals surface area contributed by atoms with E-state index >= 15 is 0 Å². The van der Waals surface area contributed by atoms with Crippen LogP contribution in [-0.4, -0.2) is 47.7 Å². The van der Waals surface area contributed by atoms with Crippen LogP contribution >= 0.6 is 23.2 Å². The highest BCUT2D eigenvalue weighted by atomic mass is 35.5. The molecule has 1 aromatic carbocycles. The van der Waals surface area contributed by atoms with Crippen LogP contribution in [0.3, 0.4) is 0 Å². The van der Waals surface area contributed by atoms with E-state index in [0.717, 1.165) is 11.3 Å². The molecule has 4 amide bonds. The van der Waals surface area contributed by atoms with Gasteiger partial charge in [0.2, 0.25) is 11.8 Å². The quantitative estimate of drug-likeness (QED) is 0.727. The van der Waals surface area contributed by atoms with Crippen molar-refractivity contribution in [1.29, 1.82) is 0 Å². The summed E-state index contributed by atoms with van der Waals surface area (Å²) in [6, 6.07) is 1.83. The Morgan fingerprint density at radius 3 is 2.12 bits per heavy atom. The molecule has 0 saturated carbocycles.